The second-order valence-electron chi connectivity index (χ2n) is 3.82. The summed E-state index contributed by atoms with van der Waals surface area (Å²) >= 11 is 0. The van der Waals surface area contributed by atoms with Crippen molar-refractivity contribution >= 4 is 16.8 Å². The van der Waals surface area contributed by atoms with E-state index < -0.39 is 0 Å². The first-order valence-electron chi connectivity index (χ1n) is 5.02. The number of nitrogens with two attached hydrogens (primary N) is 1. The molecular formula is C12H14N2O. The Bertz CT molecular complexity index is 499. The number of aryl methyl sites for hydroxylation is 2. The van der Waals surface area contributed by atoms with E-state index in [1.165, 1.54) is 10.9 Å². The molecule has 1 aromatic carbocycles. The predicted molar refractivity (Wildman–Crippen MR) is 60.6 cm³/mol. The molecule has 2 aromatic rings. The van der Waals surface area contributed by atoms with Crippen LogP contribution in [0.5, 0.6) is 0 Å². The van der Waals surface area contributed by atoms with Crippen molar-refractivity contribution < 1.29 is 4.79 Å². The van der Waals surface area contributed by atoms with Gasteiger partial charge in [-0.15, -0.1) is 0 Å². The first-order chi connectivity index (χ1) is 7.16. The number of aromatic nitrogens is 1. The normalized spacial score (nSPS) is 10.7. The molecule has 1 aromatic heterocycles. The van der Waals surface area contributed by atoms with Gasteiger partial charge >= 0.3 is 0 Å². The van der Waals surface area contributed by atoms with Crippen molar-refractivity contribution in [3.63, 3.8) is 0 Å². The number of rotatable bonds is 3. The highest BCUT2D eigenvalue weighted by Gasteiger charge is 2.02. The van der Waals surface area contributed by atoms with E-state index in [9.17, 15) is 4.79 Å². The molecule has 0 fully saturated rings. The summed E-state index contributed by atoms with van der Waals surface area (Å²) in [6, 6.07) is 6.18. The minimum atomic E-state index is -0.249. The number of carbonyl (C=O) groups excluding carboxylic acids is 1. The van der Waals surface area contributed by atoms with Crippen LogP contribution in [0.1, 0.15) is 17.5 Å². The van der Waals surface area contributed by atoms with E-state index in [0.29, 0.717) is 6.42 Å². The maximum atomic E-state index is 10.7. The summed E-state index contributed by atoms with van der Waals surface area (Å²) in [4.78, 5) is 13.9. The molecule has 1 amide bonds. The van der Waals surface area contributed by atoms with Gasteiger partial charge < -0.3 is 10.7 Å². The zero-order chi connectivity index (χ0) is 10.8. The number of H-pyrrole nitrogens is 1. The van der Waals surface area contributed by atoms with Crippen LogP contribution >= 0.6 is 0 Å². The fourth-order valence-corrected chi connectivity index (χ4v) is 1.73. The Morgan fingerprint density at radius 2 is 2.27 bits per heavy atom. The van der Waals surface area contributed by atoms with Crippen molar-refractivity contribution in [3.8, 4) is 0 Å². The molecule has 15 heavy (non-hydrogen) atoms. The molecule has 0 saturated heterocycles. The summed E-state index contributed by atoms with van der Waals surface area (Å²) in [5, 5.41) is 1.22. The number of fused-ring (bicyclic) bond motifs is 1. The van der Waals surface area contributed by atoms with Crippen LogP contribution in [0.15, 0.2) is 24.4 Å². The van der Waals surface area contributed by atoms with E-state index >= 15 is 0 Å². The van der Waals surface area contributed by atoms with E-state index in [2.05, 4.69) is 18.0 Å². The molecule has 0 radical (unpaired) electrons. The summed E-state index contributed by atoms with van der Waals surface area (Å²) in [5.74, 6) is -0.249. The van der Waals surface area contributed by atoms with E-state index in [4.69, 9.17) is 5.73 Å². The smallest absolute Gasteiger partial charge is 0.217 e. The molecular weight excluding hydrogens is 188 g/mol. The monoisotopic (exact) mass is 202 g/mol. The van der Waals surface area contributed by atoms with Gasteiger partial charge in [-0.2, -0.15) is 0 Å². The van der Waals surface area contributed by atoms with Crippen molar-refractivity contribution in [2.24, 2.45) is 5.73 Å². The largest absolute Gasteiger partial charge is 0.370 e. The molecule has 1 heterocycles. The van der Waals surface area contributed by atoms with Crippen LogP contribution in [-0.2, 0) is 11.2 Å². The molecule has 3 heteroatoms. The van der Waals surface area contributed by atoms with Gasteiger partial charge in [0.05, 0.1) is 0 Å². The number of nitrogens with one attached hydrogen (secondary N) is 1. The minimum absolute atomic E-state index is 0.249. The zero-order valence-corrected chi connectivity index (χ0v) is 8.71. The molecule has 0 aliphatic rings. The maximum absolute atomic E-state index is 10.7. The molecule has 3 N–H and O–H groups in total. The van der Waals surface area contributed by atoms with Gasteiger partial charge in [0.1, 0.15) is 0 Å². The second-order valence-corrected chi connectivity index (χ2v) is 3.82. The van der Waals surface area contributed by atoms with E-state index in [0.717, 1.165) is 17.5 Å². The highest BCUT2D eigenvalue weighted by Crippen LogP contribution is 2.19. The number of amides is 1. The molecule has 0 unspecified atom stereocenters. The Hall–Kier alpha value is -1.77. The van der Waals surface area contributed by atoms with Crippen LogP contribution in [0.25, 0.3) is 10.9 Å². The lowest BCUT2D eigenvalue weighted by atomic mass is 10.1. The van der Waals surface area contributed by atoms with E-state index in [-0.39, 0.29) is 5.91 Å². The third kappa shape index (κ3) is 2.01. The third-order valence-corrected chi connectivity index (χ3v) is 2.61. The van der Waals surface area contributed by atoms with Gasteiger partial charge in [-0.1, -0.05) is 6.07 Å². The quantitative estimate of drug-likeness (QED) is 0.784. The molecule has 0 atom stereocenters. The summed E-state index contributed by atoms with van der Waals surface area (Å²) in [5.41, 5.74) is 8.64. The van der Waals surface area contributed by atoms with Crippen LogP contribution in [-0.4, -0.2) is 10.9 Å². The van der Waals surface area contributed by atoms with Crippen molar-refractivity contribution in [2.75, 3.05) is 0 Å². The van der Waals surface area contributed by atoms with Gasteiger partial charge in [0.2, 0.25) is 5.91 Å². The molecule has 0 aliphatic carbocycles. The van der Waals surface area contributed by atoms with Crippen LogP contribution in [0, 0.1) is 6.92 Å². The molecule has 2 rings (SSSR count). The number of benzene rings is 1. The number of hydrogen-bond acceptors (Lipinski definition) is 1. The van der Waals surface area contributed by atoms with Crippen LogP contribution in [0.3, 0.4) is 0 Å². The van der Waals surface area contributed by atoms with Gasteiger partial charge in [-0.05, 0) is 36.6 Å². The van der Waals surface area contributed by atoms with E-state index in [1.54, 1.807) is 0 Å². The van der Waals surface area contributed by atoms with Gasteiger partial charge in [-0.25, -0.2) is 0 Å². The Balaban J connectivity index is 2.29. The van der Waals surface area contributed by atoms with Crippen molar-refractivity contribution in [3.05, 3.63) is 35.5 Å². The fourth-order valence-electron chi connectivity index (χ4n) is 1.73. The first-order valence-corrected chi connectivity index (χ1v) is 5.02. The van der Waals surface area contributed by atoms with Crippen LogP contribution in [0.2, 0.25) is 0 Å². The lowest BCUT2D eigenvalue weighted by Crippen LogP contribution is -2.11. The second kappa shape index (κ2) is 3.77. The molecule has 0 aliphatic heterocycles. The van der Waals surface area contributed by atoms with Gasteiger partial charge in [0.15, 0.2) is 0 Å². The number of aromatic amines is 1. The SMILES string of the molecule is Cc1c[nH]c2ccc(CCC(N)=O)cc12. The standard InChI is InChI=1S/C12H14N2O/c1-8-7-14-11-4-2-9(6-10(8)11)3-5-12(13)15/h2,4,6-7,14H,3,5H2,1H3,(H2,13,15). The number of primary amides is 1. The lowest BCUT2D eigenvalue weighted by Gasteiger charge is -2.00. The molecule has 78 valence electrons. The predicted octanol–water partition coefficient (Wildman–Crippen LogP) is 1.89. The molecule has 0 saturated carbocycles. The topological polar surface area (TPSA) is 58.9 Å². The molecule has 0 spiro atoms. The van der Waals surface area contributed by atoms with Gasteiger partial charge in [0.25, 0.3) is 0 Å². The Morgan fingerprint density at radius 3 is 3.00 bits per heavy atom. The van der Waals surface area contributed by atoms with Crippen LogP contribution < -0.4 is 5.73 Å². The zero-order valence-electron chi connectivity index (χ0n) is 8.71. The minimum Gasteiger partial charge on any atom is -0.370 e. The van der Waals surface area contributed by atoms with Gasteiger partial charge in [-0.3, -0.25) is 4.79 Å². The lowest BCUT2D eigenvalue weighted by molar-refractivity contribution is -0.117. The summed E-state index contributed by atoms with van der Waals surface area (Å²) in [6.07, 6.45) is 3.12. The first kappa shape index (κ1) is 9.77. The highest BCUT2D eigenvalue weighted by molar-refractivity contribution is 5.83. The Kier molecular flexibility index (Phi) is 2.46. The van der Waals surface area contributed by atoms with Gasteiger partial charge in [0, 0.05) is 23.5 Å². The third-order valence-electron chi connectivity index (χ3n) is 2.61. The Labute approximate surface area is 88.3 Å². The molecule has 0 bridgehead atoms. The van der Waals surface area contributed by atoms with E-state index in [1.807, 2.05) is 18.3 Å². The van der Waals surface area contributed by atoms with Crippen LogP contribution in [0.4, 0.5) is 0 Å². The number of carbonyl (C=O) groups is 1. The highest BCUT2D eigenvalue weighted by atomic mass is 16.1. The molecule has 3 nitrogen and oxygen atoms in total. The van der Waals surface area contributed by atoms with Crippen molar-refractivity contribution in [2.45, 2.75) is 19.8 Å². The maximum Gasteiger partial charge on any atom is 0.217 e. The average molecular weight is 202 g/mol. The van der Waals surface area contributed by atoms with Crippen molar-refractivity contribution in [1.82, 2.24) is 4.98 Å². The Morgan fingerprint density at radius 1 is 1.47 bits per heavy atom. The fraction of sp³-hybridized carbons (Fsp3) is 0.250. The number of hydrogen-bond donors (Lipinski definition) is 2. The summed E-state index contributed by atoms with van der Waals surface area (Å²) in [7, 11) is 0. The summed E-state index contributed by atoms with van der Waals surface area (Å²) < 4.78 is 0. The summed E-state index contributed by atoms with van der Waals surface area (Å²) in [6.45, 7) is 2.07. The average Bonchev–Trinajstić information content (AvgIpc) is 2.57. The van der Waals surface area contributed by atoms with Crippen molar-refractivity contribution in [1.29, 1.82) is 0 Å².